The lowest BCUT2D eigenvalue weighted by Crippen LogP contribution is -2.42. The van der Waals surface area contributed by atoms with Gasteiger partial charge in [-0.05, 0) is 88.9 Å². The highest BCUT2D eigenvalue weighted by Gasteiger charge is 2.53. The number of piperidine rings is 1. The number of aliphatic hydroxyl groups is 1. The Balaban J connectivity index is 1.61. The minimum atomic E-state index is -4.94. The zero-order chi connectivity index (χ0) is 26.4. The highest BCUT2D eigenvalue weighted by Crippen LogP contribution is 2.54. The third kappa shape index (κ3) is 5.95. The van der Waals surface area contributed by atoms with Gasteiger partial charge in [0.2, 0.25) is 5.60 Å². The van der Waals surface area contributed by atoms with Crippen LogP contribution >= 0.6 is 11.9 Å². The average molecular weight is 524 g/mol. The van der Waals surface area contributed by atoms with E-state index < -0.39 is 23.4 Å². The molecule has 1 aromatic heterocycles. The van der Waals surface area contributed by atoms with Crippen molar-refractivity contribution in [1.82, 2.24) is 14.7 Å². The predicted molar refractivity (Wildman–Crippen MR) is 134 cm³/mol. The topological polar surface area (TPSA) is 90.4 Å². The normalized spacial score (nSPS) is 19.2. The lowest BCUT2D eigenvalue weighted by molar-refractivity contribution is -0.260. The zero-order valence-corrected chi connectivity index (χ0v) is 21.7. The van der Waals surface area contributed by atoms with Gasteiger partial charge >= 0.3 is 6.18 Å². The maximum absolute atomic E-state index is 13.5. The molecule has 1 saturated carbocycles. The fraction of sp³-hybridized carbons (Fsp3) is 0.560. The summed E-state index contributed by atoms with van der Waals surface area (Å²) in [6.45, 7) is 7.89. The van der Waals surface area contributed by atoms with E-state index in [0.29, 0.717) is 31.1 Å². The van der Waals surface area contributed by atoms with Crippen molar-refractivity contribution in [1.29, 1.82) is 0 Å². The molecular formula is C25H32F3N5O2S. The number of anilines is 2. The molecule has 4 rings (SSSR count). The van der Waals surface area contributed by atoms with E-state index in [1.165, 1.54) is 11.9 Å². The summed E-state index contributed by atoms with van der Waals surface area (Å²) in [5.74, 6) is -0.515. The molecule has 7 nitrogen and oxygen atoms in total. The molecule has 1 amide bonds. The summed E-state index contributed by atoms with van der Waals surface area (Å²) in [6.07, 6.45) is -0.0345. The predicted octanol–water partition coefficient (Wildman–Crippen LogP) is 5.27. The Labute approximate surface area is 213 Å². The Bertz CT molecular complexity index is 1120. The van der Waals surface area contributed by atoms with Gasteiger partial charge in [0.1, 0.15) is 5.69 Å². The second-order valence-electron chi connectivity index (χ2n) is 10.9. The van der Waals surface area contributed by atoms with Crippen molar-refractivity contribution in [2.75, 3.05) is 23.3 Å². The highest BCUT2D eigenvalue weighted by atomic mass is 32.2. The average Bonchev–Trinajstić information content (AvgIpc) is 3.55. The fourth-order valence-electron chi connectivity index (χ4n) is 4.05. The van der Waals surface area contributed by atoms with Crippen molar-refractivity contribution in [3.63, 3.8) is 0 Å². The Morgan fingerprint density at radius 1 is 1.11 bits per heavy atom. The third-order valence-electron chi connectivity index (χ3n) is 6.67. The van der Waals surface area contributed by atoms with Crippen LogP contribution in [0.5, 0.6) is 0 Å². The molecule has 1 aliphatic carbocycles. The molecule has 1 aliphatic heterocycles. The number of aromatic nitrogens is 2. The van der Waals surface area contributed by atoms with E-state index in [2.05, 4.69) is 20.0 Å². The van der Waals surface area contributed by atoms with Crippen molar-refractivity contribution in [3.8, 4) is 0 Å². The summed E-state index contributed by atoms with van der Waals surface area (Å²) < 4.78 is 43.8. The maximum atomic E-state index is 13.5. The molecule has 2 aliphatic rings. The van der Waals surface area contributed by atoms with Crippen molar-refractivity contribution in [2.45, 2.75) is 75.6 Å². The first-order valence-electron chi connectivity index (χ1n) is 12.0. The molecule has 2 aromatic rings. The molecule has 2 heterocycles. The second kappa shape index (κ2) is 9.50. The summed E-state index contributed by atoms with van der Waals surface area (Å²) in [5.41, 5.74) is -3.17. The van der Waals surface area contributed by atoms with Crippen LogP contribution in [0, 0.1) is 5.41 Å². The van der Waals surface area contributed by atoms with Crippen LogP contribution in [0.2, 0.25) is 0 Å². The first-order chi connectivity index (χ1) is 16.7. The first kappa shape index (κ1) is 26.7. The standard InChI is InChI=1S/C25H32F3N5O2S/c1-22(2,3)32-36-17-7-5-6-16(14-17)30-21(34)19-20(33-12-10-24(8-9-24)11-13-33)31-18(15-29-19)23(4,35)25(26,27)28/h5-7,14-15,32,35H,8-13H2,1-4H3,(H,30,34). The lowest BCUT2D eigenvalue weighted by Gasteiger charge is -2.34. The molecule has 1 aromatic carbocycles. The molecule has 1 atom stereocenters. The summed E-state index contributed by atoms with van der Waals surface area (Å²) >= 11 is 1.43. The van der Waals surface area contributed by atoms with Gasteiger partial charge in [0, 0.05) is 29.2 Å². The van der Waals surface area contributed by atoms with E-state index in [0.717, 1.165) is 36.8 Å². The molecule has 36 heavy (non-hydrogen) atoms. The second-order valence-corrected chi connectivity index (χ2v) is 11.8. The van der Waals surface area contributed by atoms with Crippen LogP contribution < -0.4 is 14.9 Å². The minimum Gasteiger partial charge on any atom is -0.375 e. The monoisotopic (exact) mass is 523 g/mol. The Kier molecular flexibility index (Phi) is 7.04. The van der Waals surface area contributed by atoms with Gasteiger partial charge < -0.3 is 15.3 Å². The van der Waals surface area contributed by atoms with Crippen molar-refractivity contribution in [3.05, 3.63) is 41.9 Å². The molecule has 0 radical (unpaired) electrons. The first-order valence-corrected chi connectivity index (χ1v) is 12.8. The highest BCUT2D eigenvalue weighted by molar-refractivity contribution is 7.97. The maximum Gasteiger partial charge on any atom is 0.422 e. The lowest BCUT2D eigenvalue weighted by atomic mass is 9.93. The van der Waals surface area contributed by atoms with E-state index in [1.54, 1.807) is 23.1 Å². The Hall–Kier alpha value is -2.37. The van der Waals surface area contributed by atoms with Gasteiger partial charge in [-0.3, -0.25) is 9.52 Å². The Morgan fingerprint density at radius 3 is 2.36 bits per heavy atom. The van der Waals surface area contributed by atoms with Gasteiger partial charge in [0.15, 0.2) is 11.5 Å². The molecule has 11 heteroatoms. The number of carbonyl (C=O) groups is 1. The van der Waals surface area contributed by atoms with Crippen LogP contribution in [0.4, 0.5) is 24.7 Å². The van der Waals surface area contributed by atoms with E-state index >= 15 is 0 Å². The number of rotatable bonds is 6. The molecule has 3 N–H and O–H groups in total. The zero-order valence-electron chi connectivity index (χ0n) is 20.9. The number of halogens is 3. The minimum absolute atomic E-state index is 0.0601. The van der Waals surface area contributed by atoms with Crippen molar-refractivity contribution < 1.29 is 23.1 Å². The number of alkyl halides is 3. The number of hydrogen-bond acceptors (Lipinski definition) is 7. The Morgan fingerprint density at radius 2 is 1.78 bits per heavy atom. The number of benzene rings is 1. The third-order valence-corrected chi connectivity index (χ3v) is 7.87. The quantitative estimate of drug-likeness (QED) is 0.444. The molecule has 2 fully saturated rings. The van der Waals surface area contributed by atoms with E-state index in [-0.39, 0.29) is 17.1 Å². The van der Waals surface area contributed by atoms with E-state index in [4.69, 9.17) is 0 Å². The molecule has 1 saturated heterocycles. The summed E-state index contributed by atoms with van der Waals surface area (Å²) in [5, 5.41) is 13.0. The van der Waals surface area contributed by atoms with Crippen molar-refractivity contribution >= 4 is 29.4 Å². The van der Waals surface area contributed by atoms with Crippen LogP contribution in [-0.2, 0) is 5.60 Å². The van der Waals surface area contributed by atoms with Gasteiger partial charge in [-0.25, -0.2) is 9.97 Å². The summed E-state index contributed by atoms with van der Waals surface area (Å²) in [6, 6.07) is 7.24. The van der Waals surface area contributed by atoms with Gasteiger partial charge in [-0.15, -0.1) is 0 Å². The van der Waals surface area contributed by atoms with Gasteiger partial charge in [-0.1, -0.05) is 6.07 Å². The van der Waals surface area contributed by atoms with Crippen LogP contribution in [0.3, 0.4) is 0 Å². The molecule has 0 bridgehead atoms. The number of amides is 1. The van der Waals surface area contributed by atoms with Gasteiger partial charge in [0.25, 0.3) is 5.91 Å². The van der Waals surface area contributed by atoms with Crippen LogP contribution in [0.25, 0.3) is 0 Å². The van der Waals surface area contributed by atoms with Gasteiger partial charge in [-0.2, -0.15) is 13.2 Å². The summed E-state index contributed by atoms with van der Waals surface area (Å²) in [7, 11) is 0. The number of nitrogens with one attached hydrogen (secondary N) is 2. The fourth-order valence-corrected chi connectivity index (χ4v) is 4.81. The summed E-state index contributed by atoms with van der Waals surface area (Å²) in [4.78, 5) is 24.2. The van der Waals surface area contributed by atoms with Crippen LogP contribution in [0.15, 0.2) is 35.4 Å². The van der Waals surface area contributed by atoms with Crippen LogP contribution in [-0.4, -0.2) is 45.8 Å². The molecule has 196 valence electrons. The SMILES string of the molecule is CC(C)(C)NSc1cccc(NC(=O)c2ncc(C(C)(O)C(F)(F)F)nc2N2CCC3(CC2)CC3)c1. The number of carbonyl (C=O) groups excluding carboxylic acids is 1. The van der Waals surface area contributed by atoms with E-state index in [9.17, 15) is 23.1 Å². The number of nitrogens with zero attached hydrogens (tertiary/aromatic N) is 3. The number of hydrogen-bond donors (Lipinski definition) is 3. The molecule has 1 unspecified atom stereocenters. The van der Waals surface area contributed by atoms with E-state index in [1.807, 2.05) is 26.8 Å². The van der Waals surface area contributed by atoms with Crippen LogP contribution in [0.1, 0.15) is 69.6 Å². The smallest absolute Gasteiger partial charge is 0.375 e. The molecule has 1 spiro atoms. The molecular weight excluding hydrogens is 491 g/mol. The van der Waals surface area contributed by atoms with Gasteiger partial charge in [0.05, 0.1) is 6.20 Å². The van der Waals surface area contributed by atoms with Crippen molar-refractivity contribution in [2.24, 2.45) is 5.41 Å². The largest absolute Gasteiger partial charge is 0.422 e.